The molecule has 2 nitrogen and oxygen atoms in total. The number of hydrogen-bond acceptors (Lipinski definition) is 1. The van der Waals surface area contributed by atoms with Crippen LogP contribution in [0.5, 0.6) is 0 Å². The summed E-state index contributed by atoms with van der Waals surface area (Å²) in [4.78, 5) is 3.18. The van der Waals surface area contributed by atoms with Gasteiger partial charge in [-0.2, -0.15) is 4.85 Å². The molecule has 1 aliphatic carbocycles. The molecule has 0 atom stereocenters. The van der Waals surface area contributed by atoms with Gasteiger partial charge in [0.1, 0.15) is 0 Å². The monoisotopic (exact) mass is 133 g/mol. The second-order valence-electron chi connectivity index (χ2n) is 2.56. The Morgan fingerprint density at radius 1 is 1.50 bits per heavy atom. The molecule has 1 aromatic rings. The van der Waals surface area contributed by atoms with E-state index < -0.39 is 0 Å². The second-order valence-corrected chi connectivity index (χ2v) is 2.56. The third-order valence-corrected chi connectivity index (χ3v) is 1.70. The molecule has 2 rings (SSSR count). The van der Waals surface area contributed by atoms with Crippen LogP contribution in [0.25, 0.3) is 4.85 Å². The Balaban J connectivity index is 2.29. The third-order valence-electron chi connectivity index (χ3n) is 1.70. The summed E-state index contributed by atoms with van der Waals surface area (Å²) < 4.78 is 5.20. The summed E-state index contributed by atoms with van der Waals surface area (Å²) in [5.41, 5.74) is 0. The lowest BCUT2D eigenvalue weighted by Crippen LogP contribution is -1.66. The first-order chi connectivity index (χ1) is 4.90. The molecule has 1 aromatic heterocycles. The van der Waals surface area contributed by atoms with Crippen molar-refractivity contribution in [1.29, 1.82) is 0 Å². The zero-order valence-corrected chi connectivity index (χ0v) is 5.50. The Hall–Kier alpha value is -1.23. The molecule has 0 radical (unpaired) electrons. The van der Waals surface area contributed by atoms with Crippen molar-refractivity contribution in [3.63, 3.8) is 0 Å². The van der Waals surface area contributed by atoms with E-state index in [9.17, 15) is 0 Å². The van der Waals surface area contributed by atoms with Crippen molar-refractivity contribution in [2.45, 2.75) is 18.8 Å². The van der Waals surface area contributed by atoms with Gasteiger partial charge in [-0.1, -0.05) is 0 Å². The Kier molecular flexibility index (Phi) is 1.04. The third kappa shape index (κ3) is 0.801. The van der Waals surface area contributed by atoms with Crippen molar-refractivity contribution >= 4 is 5.88 Å². The SMILES string of the molecule is [C-]#[N+]c1ccc(C2CC2)o1. The molecule has 10 heavy (non-hydrogen) atoms. The predicted molar refractivity (Wildman–Crippen MR) is 36.9 cm³/mol. The van der Waals surface area contributed by atoms with Gasteiger partial charge >= 0.3 is 5.88 Å². The normalized spacial score (nSPS) is 16.7. The lowest BCUT2D eigenvalue weighted by Gasteiger charge is -1.85. The average Bonchev–Trinajstić information content (AvgIpc) is 2.70. The largest absolute Gasteiger partial charge is 0.484 e. The van der Waals surface area contributed by atoms with Crippen LogP contribution in [0.15, 0.2) is 16.5 Å². The molecule has 1 heterocycles. The van der Waals surface area contributed by atoms with Gasteiger partial charge < -0.3 is 4.42 Å². The minimum Gasteiger partial charge on any atom is -0.484 e. The summed E-state index contributed by atoms with van der Waals surface area (Å²) in [5.74, 6) is 2.03. The maximum atomic E-state index is 6.65. The first-order valence-electron chi connectivity index (χ1n) is 3.37. The zero-order chi connectivity index (χ0) is 6.97. The number of hydrogen-bond donors (Lipinski definition) is 0. The first kappa shape index (κ1) is 5.55. The summed E-state index contributed by atoms with van der Waals surface area (Å²) in [5, 5.41) is 0. The molecule has 2 heteroatoms. The van der Waals surface area contributed by atoms with Gasteiger partial charge in [-0.25, -0.2) is 0 Å². The van der Waals surface area contributed by atoms with Crippen molar-refractivity contribution < 1.29 is 4.42 Å². The van der Waals surface area contributed by atoms with Crippen LogP contribution in [0.3, 0.4) is 0 Å². The maximum Gasteiger partial charge on any atom is 0.345 e. The second kappa shape index (κ2) is 1.88. The van der Waals surface area contributed by atoms with Crippen LogP contribution in [-0.2, 0) is 0 Å². The van der Waals surface area contributed by atoms with E-state index in [0.717, 1.165) is 5.76 Å². The maximum absolute atomic E-state index is 6.65. The van der Waals surface area contributed by atoms with Crippen LogP contribution in [0.1, 0.15) is 24.5 Å². The highest BCUT2D eigenvalue weighted by Crippen LogP contribution is 2.41. The summed E-state index contributed by atoms with van der Waals surface area (Å²) in [7, 11) is 0. The van der Waals surface area contributed by atoms with Crippen LogP contribution >= 0.6 is 0 Å². The summed E-state index contributed by atoms with van der Waals surface area (Å²) >= 11 is 0. The fraction of sp³-hybridized carbons (Fsp3) is 0.375. The van der Waals surface area contributed by atoms with E-state index in [-0.39, 0.29) is 0 Å². The summed E-state index contributed by atoms with van der Waals surface area (Å²) in [6.07, 6.45) is 2.45. The molecule has 0 bridgehead atoms. The zero-order valence-electron chi connectivity index (χ0n) is 5.50. The molecule has 1 fully saturated rings. The number of furan rings is 1. The Labute approximate surface area is 59.3 Å². The van der Waals surface area contributed by atoms with Crippen molar-refractivity contribution in [1.82, 2.24) is 0 Å². The molecule has 1 aliphatic rings. The van der Waals surface area contributed by atoms with E-state index in [1.807, 2.05) is 6.07 Å². The van der Waals surface area contributed by atoms with Gasteiger partial charge in [-0.15, -0.1) is 0 Å². The lowest BCUT2D eigenvalue weighted by atomic mass is 10.3. The summed E-state index contributed by atoms with van der Waals surface area (Å²) in [6.45, 7) is 6.65. The highest BCUT2D eigenvalue weighted by molar-refractivity contribution is 5.34. The molecule has 1 saturated carbocycles. The van der Waals surface area contributed by atoms with Crippen LogP contribution in [0.2, 0.25) is 0 Å². The molecule has 0 aromatic carbocycles. The molecule has 0 aliphatic heterocycles. The van der Waals surface area contributed by atoms with Gasteiger partial charge in [-0.3, -0.25) is 0 Å². The smallest absolute Gasteiger partial charge is 0.345 e. The molecular formula is C8H7NO. The molecule has 50 valence electrons. The Morgan fingerprint density at radius 2 is 2.30 bits per heavy atom. The fourth-order valence-electron chi connectivity index (χ4n) is 0.990. The van der Waals surface area contributed by atoms with Crippen molar-refractivity contribution in [3.05, 3.63) is 29.3 Å². The van der Waals surface area contributed by atoms with Crippen LogP contribution in [0, 0.1) is 6.57 Å². The van der Waals surface area contributed by atoms with Gasteiger partial charge in [0.2, 0.25) is 0 Å². The van der Waals surface area contributed by atoms with Crippen molar-refractivity contribution in [3.8, 4) is 0 Å². The molecular weight excluding hydrogens is 126 g/mol. The Morgan fingerprint density at radius 3 is 2.80 bits per heavy atom. The average molecular weight is 133 g/mol. The van der Waals surface area contributed by atoms with E-state index in [0.29, 0.717) is 11.8 Å². The van der Waals surface area contributed by atoms with E-state index in [4.69, 9.17) is 11.0 Å². The van der Waals surface area contributed by atoms with Crippen molar-refractivity contribution in [2.75, 3.05) is 0 Å². The molecule has 0 N–H and O–H groups in total. The first-order valence-corrected chi connectivity index (χ1v) is 3.37. The minimum absolute atomic E-state index is 0.418. The molecule has 0 saturated heterocycles. The van der Waals surface area contributed by atoms with Crippen molar-refractivity contribution in [2.24, 2.45) is 0 Å². The number of nitrogens with zero attached hydrogens (tertiary/aromatic N) is 1. The minimum atomic E-state index is 0.418. The van der Waals surface area contributed by atoms with E-state index in [1.165, 1.54) is 12.8 Å². The fourth-order valence-corrected chi connectivity index (χ4v) is 0.990. The van der Waals surface area contributed by atoms with E-state index in [1.54, 1.807) is 6.07 Å². The highest BCUT2D eigenvalue weighted by atomic mass is 16.4. The highest BCUT2D eigenvalue weighted by Gasteiger charge is 2.26. The predicted octanol–water partition coefficient (Wildman–Crippen LogP) is 2.71. The van der Waals surface area contributed by atoms with Crippen LogP contribution in [-0.4, -0.2) is 0 Å². The molecule has 0 spiro atoms. The van der Waals surface area contributed by atoms with Crippen LogP contribution in [0.4, 0.5) is 5.88 Å². The topological polar surface area (TPSA) is 17.5 Å². The Bertz CT molecular complexity index is 278. The van der Waals surface area contributed by atoms with Gasteiger partial charge in [-0.05, 0) is 25.0 Å². The van der Waals surface area contributed by atoms with Gasteiger partial charge in [0.25, 0.3) is 0 Å². The van der Waals surface area contributed by atoms with E-state index in [2.05, 4.69) is 4.85 Å². The molecule has 0 unspecified atom stereocenters. The van der Waals surface area contributed by atoms with Gasteiger partial charge in [0.05, 0.1) is 12.3 Å². The quantitative estimate of drug-likeness (QED) is 0.538. The lowest BCUT2D eigenvalue weighted by molar-refractivity contribution is 0.533. The van der Waals surface area contributed by atoms with Gasteiger partial charge in [0.15, 0.2) is 0 Å². The van der Waals surface area contributed by atoms with Crippen LogP contribution < -0.4 is 0 Å². The standard InChI is InChI=1S/C8H7NO/c1-9-8-5-4-7(10-8)6-2-3-6/h4-6H,2-3H2. The van der Waals surface area contributed by atoms with E-state index >= 15 is 0 Å². The summed E-state index contributed by atoms with van der Waals surface area (Å²) in [6, 6.07) is 3.64. The van der Waals surface area contributed by atoms with Gasteiger partial charge in [0, 0.05) is 5.92 Å². The molecule has 0 amide bonds. The number of rotatable bonds is 1.